The highest BCUT2D eigenvalue weighted by Crippen LogP contribution is 2.21. The molecule has 0 aliphatic rings. The Morgan fingerprint density at radius 1 is 1.31 bits per heavy atom. The summed E-state index contributed by atoms with van der Waals surface area (Å²) in [4.78, 5) is 11.1. The van der Waals surface area contributed by atoms with E-state index in [9.17, 15) is 18.0 Å². The fourth-order valence-electron chi connectivity index (χ4n) is 1.20. The number of nitrogens with one attached hydrogen (secondary N) is 2. The third-order valence-electron chi connectivity index (χ3n) is 1.95. The second-order valence-electron chi connectivity index (χ2n) is 3.77. The lowest BCUT2D eigenvalue weighted by molar-refractivity contribution is -0.139. The molecule has 0 aromatic carbocycles. The number of carbonyl (C=O) groups is 1. The van der Waals surface area contributed by atoms with Crippen molar-refractivity contribution in [1.82, 2.24) is 10.6 Å². The van der Waals surface area contributed by atoms with Crippen molar-refractivity contribution in [3.05, 3.63) is 0 Å². The van der Waals surface area contributed by atoms with E-state index in [-0.39, 0.29) is 18.9 Å². The summed E-state index contributed by atoms with van der Waals surface area (Å²) in [7, 11) is 0. The van der Waals surface area contributed by atoms with Gasteiger partial charge in [0, 0.05) is 25.6 Å². The van der Waals surface area contributed by atoms with Gasteiger partial charge in [0.25, 0.3) is 0 Å². The molecule has 16 heavy (non-hydrogen) atoms. The summed E-state index contributed by atoms with van der Waals surface area (Å²) in [5, 5.41) is 5.32. The molecule has 0 spiro atoms. The average Bonchev–Trinajstić information content (AvgIpc) is 2.11. The summed E-state index contributed by atoms with van der Waals surface area (Å²) in [6.45, 7) is 4.27. The minimum Gasteiger partial charge on any atom is -0.356 e. The summed E-state index contributed by atoms with van der Waals surface area (Å²) in [6.07, 6.45) is -3.97. The molecular weight excluding hydrogens is 221 g/mol. The van der Waals surface area contributed by atoms with Crippen molar-refractivity contribution in [1.29, 1.82) is 0 Å². The van der Waals surface area contributed by atoms with Crippen LogP contribution in [-0.4, -0.2) is 31.2 Å². The maximum atomic E-state index is 11.9. The van der Waals surface area contributed by atoms with Crippen molar-refractivity contribution < 1.29 is 18.0 Å². The summed E-state index contributed by atoms with van der Waals surface area (Å²) in [5.41, 5.74) is 0. The molecule has 0 saturated carbocycles. The van der Waals surface area contributed by atoms with Gasteiger partial charge in [0.2, 0.25) is 5.91 Å². The summed E-state index contributed by atoms with van der Waals surface area (Å²) in [6, 6.07) is -0.654. The predicted octanol–water partition coefficient (Wildman–Crippen LogP) is 1.83. The van der Waals surface area contributed by atoms with E-state index in [0.717, 1.165) is 6.42 Å². The van der Waals surface area contributed by atoms with Crippen molar-refractivity contribution in [2.45, 2.75) is 45.3 Å². The zero-order valence-electron chi connectivity index (χ0n) is 9.66. The van der Waals surface area contributed by atoms with Gasteiger partial charge in [0.15, 0.2) is 0 Å². The Hall–Kier alpha value is -0.780. The summed E-state index contributed by atoms with van der Waals surface area (Å²) in [5.74, 6) is -0.131. The quantitative estimate of drug-likeness (QED) is 0.713. The van der Waals surface area contributed by atoms with Gasteiger partial charge in [0.1, 0.15) is 0 Å². The maximum Gasteiger partial charge on any atom is 0.390 e. The topological polar surface area (TPSA) is 41.1 Å². The Bertz CT molecular complexity index is 207. The van der Waals surface area contributed by atoms with Gasteiger partial charge in [-0.1, -0.05) is 6.92 Å². The van der Waals surface area contributed by atoms with Crippen LogP contribution in [0.2, 0.25) is 0 Å². The third kappa shape index (κ3) is 9.76. The van der Waals surface area contributed by atoms with Crippen LogP contribution in [0.1, 0.15) is 33.1 Å². The second kappa shape index (κ2) is 7.49. The van der Waals surface area contributed by atoms with Crippen LogP contribution in [0.5, 0.6) is 0 Å². The first-order chi connectivity index (χ1) is 7.35. The first-order valence-electron chi connectivity index (χ1n) is 5.42. The largest absolute Gasteiger partial charge is 0.390 e. The number of halogens is 3. The highest BCUT2D eigenvalue weighted by molar-refractivity contribution is 5.75. The predicted molar refractivity (Wildman–Crippen MR) is 56.1 cm³/mol. The monoisotopic (exact) mass is 240 g/mol. The van der Waals surface area contributed by atoms with Gasteiger partial charge in [-0.3, -0.25) is 4.79 Å². The van der Waals surface area contributed by atoms with E-state index in [1.807, 2.05) is 6.92 Å². The van der Waals surface area contributed by atoms with Crippen molar-refractivity contribution in [3.8, 4) is 0 Å². The van der Waals surface area contributed by atoms with Gasteiger partial charge in [-0.05, 0) is 13.3 Å². The molecule has 1 atom stereocenters. The fourth-order valence-corrected chi connectivity index (χ4v) is 1.20. The van der Waals surface area contributed by atoms with E-state index in [1.165, 1.54) is 6.92 Å². The van der Waals surface area contributed by atoms with Crippen LogP contribution in [0, 0.1) is 0 Å². The molecule has 0 fully saturated rings. The highest BCUT2D eigenvalue weighted by Gasteiger charge is 2.29. The molecule has 6 heteroatoms. The summed E-state index contributed by atoms with van der Waals surface area (Å²) >= 11 is 0. The number of hydrogen-bond donors (Lipinski definition) is 2. The molecule has 0 bridgehead atoms. The molecule has 0 rings (SSSR count). The Morgan fingerprint density at radius 2 is 1.94 bits per heavy atom. The Balaban J connectivity index is 3.54. The molecule has 1 amide bonds. The van der Waals surface area contributed by atoms with E-state index in [4.69, 9.17) is 0 Å². The zero-order chi connectivity index (χ0) is 12.6. The van der Waals surface area contributed by atoms with Crippen LogP contribution in [0.3, 0.4) is 0 Å². The Kier molecular flexibility index (Phi) is 7.12. The van der Waals surface area contributed by atoms with Gasteiger partial charge < -0.3 is 10.6 Å². The molecule has 1 unspecified atom stereocenters. The number of alkyl halides is 3. The molecule has 0 aliphatic carbocycles. The van der Waals surface area contributed by atoms with Gasteiger partial charge in [0.05, 0.1) is 6.42 Å². The van der Waals surface area contributed by atoms with Crippen LogP contribution in [0.25, 0.3) is 0 Å². The smallest absolute Gasteiger partial charge is 0.356 e. The lowest BCUT2D eigenvalue weighted by atomic mass is 10.2. The van der Waals surface area contributed by atoms with Crippen LogP contribution in [0.15, 0.2) is 0 Å². The minimum absolute atomic E-state index is 0.131. The fraction of sp³-hybridized carbons (Fsp3) is 0.900. The van der Waals surface area contributed by atoms with E-state index < -0.39 is 18.6 Å². The number of amides is 1. The van der Waals surface area contributed by atoms with Crippen molar-refractivity contribution >= 4 is 5.91 Å². The van der Waals surface area contributed by atoms with Crippen molar-refractivity contribution in [2.24, 2.45) is 0 Å². The van der Waals surface area contributed by atoms with E-state index >= 15 is 0 Å². The summed E-state index contributed by atoms with van der Waals surface area (Å²) < 4.78 is 35.8. The zero-order valence-corrected chi connectivity index (χ0v) is 9.66. The van der Waals surface area contributed by atoms with Crippen molar-refractivity contribution in [2.75, 3.05) is 13.1 Å². The lowest BCUT2D eigenvalue weighted by Crippen LogP contribution is -2.34. The molecule has 2 N–H and O–H groups in total. The first-order valence-corrected chi connectivity index (χ1v) is 5.42. The standard InChI is InChI=1S/C10H19F3N2O/c1-3-5-15-9(16)4-6-14-8(2)7-10(11,12)13/h8,14H,3-7H2,1-2H3,(H,15,16). The van der Waals surface area contributed by atoms with Crippen LogP contribution in [0.4, 0.5) is 13.2 Å². The van der Waals surface area contributed by atoms with E-state index in [1.54, 1.807) is 0 Å². The molecule has 3 nitrogen and oxygen atoms in total. The molecule has 0 aliphatic heterocycles. The number of rotatable bonds is 7. The first kappa shape index (κ1) is 15.2. The number of carbonyl (C=O) groups excluding carboxylic acids is 1. The van der Waals surface area contributed by atoms with Gasteiger partial charge >= 0.3 is 6.18 Å². The van der Waals surface area contributed by atoms with Gasteiger partial charge in [-0.25, -0.2) is 0 Å². The molecule has 0 saturated heterocycles. The molecule has 96 valence electrons. The highest BCUT2D eigenvalue weighted by atomic mass is 19.4. The average molecular weight is 240 g/mol. The molecule has 0 radical (unpaired) electrons. The van der Waals surface area contributed by atoms with Crippen LogP contribution >= 0.6 is 0 Å². The SMILES string of the molecule is CCCNC(=O)CCNC(C)CC(F)(F)F. The Labute approximate surface area is 93.8 Å². The van der Waals surface area contributed by atoms with Gasteiger partial charge in [-0.15, -0.1) is 0 Å². The minimum atomic E-state index is -4.16. The van der Waals surface area contributed by atoms with E-state index in [0.29, 0.717) is 6.54 Å². The normalized spacial score (nSPS) is 13.6. The van der Waals surface area contributed by atoms with Crippen LogP contribution < -0.4 is 10.6 Å². The molecule has 0 aromatic heterocycles. The number of hydrogen-bond acceptors (Lipinski definition) is 2. The third-order valence-corrected chi connectivity index (χ3v) is 1.95. The van der Waals surface area contributed by atoms with E-state index in [2.05, 4.69) is 10.6 Å². The Morgan fingerprint density at radius 3 is 2.44 bits per heavy atom. The maximum absolute atomic E-state index is 11.9. The van der Waals surface area contributed by atoms with Gasteiger partial charge in [-0.2, -0.15) is 13.2 Å². The molecule has 0 aromatic rings. The lowest BCUT2D eigenvalue weighted by Gasteiger charge is -2.15. The second-order valence-corrected chi connectivity index (χ2v) is 3.77. The molecule has 0 heterocycles. The van der Waals surface area contributed by atoms with Crippen LogP contribution in [-0.2, 0) is 4.79 Å². The van der Waals surface area contributed by atoms with Crippen molar-refractivity contribution in [3.63, 3.8) is 0 Å². The molecular formula is C10H19F3N2O.